The van der Waals surface area contributed by atoms with Crippen LogP contribution in [0.5, 0.6) is 0 Å². The third-order valence-electron chi connectivity index (χ3n) is 4.24. The predicted molar refractivity (Wildman–Crippen MR) is 86.9 cm³/mol. The number of hydrogen-bond donors (Lipinski definition) is 0. The molecule has 0 saturated heterocycles. The molecule has 114 valence electrons. The number of fused-ring (bicyclic) bond motifs is 1. The van der Waals surface area contributed by atoms with Gasteiger partial charge in [0.1, 0.15) is 0 Å². The second kappa shape index (κ2) is 6.32. The van der Waals surface area contributed by atoms with Crippen molar-refractivity contribution < 1.29 is 9.53 Å². The summed E-state index contributed by atoms with van der Waals surface area (Å²) in [6.45, 7) is 3.21. The van der Waals surface area contributed by atoms with E-state index in [1.54, 1.807) is 4.90 Å². The van der Waals surface area contributed by atoms with Crippen molar-refractivity contribution >= 4 is 5.91 Å². The number of carbonyl (C=O) groups excluding carboxylic acids is 1. The van der Waals surface area contributed by atoms with Crippen LogP contribution < -0.4 is 0 Å². The summed E-state index contributed by atoms with van der Waals surface area (Å²) in [6.07, 6.45) is 0.926. The highest BCUT2D eigenvalue weighted by Gasteiger charge is 2.23. The number of likely N-dealkylation sites (N-methyl/N-ethyl adjacent to an activating group) is 1. The van der Waals surface area contributed by atoms with Gasteiger partial charge in [0.05, 0.1) is 12.7 Å². The molecule has 3 rings (SSSR count). The molecule has 0 aromatic heterocycles. The zero-order chi connectivity index (χ0) is 15.5. The molecule has 1 aliphatic rings. The molecule has 1 unspecified atom stereocenters. The molecule has 1 aliphatic heterocycles. The van der Waals surface area contributed by atoms with E-state index >= 15 is 0 Å². The molecule has 2 aromatic rings. The number of rotatable bonds is 3. The van der Waals surface area contributed by atoms with Crippen LogP contribution in [0, 0.1) is 6.92 Å². The van der Waals surface area contributed by atoms with Crippen LogP contribution in [-0.4, -0.2) is 30.5 Å². The molecule has 0 bridgehead atoms. The maximum Gasteiger partial charge on any atom is 0.253 e. The molecule has 1 heterocycles. The van der Waals surface area contributed by atoms with E-state index in [4.69, 9.17) is 4.74 Å². The molecule has 22 heavy (non-hydrogen) atoms. The fourth-order valence-electron chi connectivity index (χ4n) is 2.93. The van der Waals surface area contributed by atoms with Gasteiger partial charge in [0.2, 0.25) is 0 Å². The molecule has 0 radical (unpaired) electrons. The van der Waals surface area contributed by atoms with Crippen molar-refractivity contribution in [1.82, 2.24) is 4.90 Å². The Kier molecular flexibility index (Phi) is 4.25. The Morgan fingerprint density at radius 3 is 2.59 bits per heavy atom. The van der Waals surface area contributed by atoms with Crippen LogP contribution in [0.2, 0.25) is 0 Å². The quantitative estimate of drug-likeness (QED) is 0.870. The maximum absolute atomic E-state index is 12.6. The smallest absolute Gasteiger partial charge is 0.253 e. The van der Waals surface area contributed by atoms with Crippen LogP contribution in [0.4, 0.5) is 0 Å². The van der Waals surface area contributed by atoms with Crippen LogP contribution in [0.25, 0.3) is 0 Å². The highest BCUT2D eigenvalue weighted by molar-refractivity contribution is 5.95. The minimum absolute atomic E-state index is 0.0561. The molecule has 3 heteroatoms. The molecule has 0 N–H and O–H groups in total. The molecule has 2 aromatic carbocycles. The summed E-state index contributed by atoms with van der Waals surface area (Å²) in [5.41, 5.74) is 4.36. The molecule has 0 fully saturated rings. The number of amides is 1. The van der Waals surface area contributed by atoms with Gasteiger partial charge in [0.25, 0.3) is 5.91 Å². The number of nitrogens with zero attached hydrogens (tertiary/aromatic N) is 1. The van der Waals surface area contributed by atoms with Gasteiger partial charge >= 0.3 is 0 Å². The van der Waals surface area contributed by atoms with Crippen molar-refractivity contribution in [2.75, 3.05) is 13.6 Å². The fourth-order valence-corrected chi connectivity index (χ4v) is 2.93. The van der Waals surface area contributed by atoms with Crippen LogP contribution >= 0.6 is 0 Å². The van der Waals surface area contributed by atoms with Gasteiger partial charge in [-0.3, -0.25) is 4.79 Å². The number of hydrogen-bond acceptors (Lipinski definition) is 2. The highest BCUT2D eigenvalue weighted by Crippen LogP contribution is 2.21. The van der Waals surface area contributed by atoms with E-state index in [0.29, 0.717) is 13.2 Å². The Balaban J connectivity index is 1.67. The normalized spacial score (nSPS) is 16.9. The molecule has 0 spiro atoms. The van der Waals surface area contributed by atoms with Crippen molar-refractivity contribution in [3.05, 3.63) is 70.8 Å². The summed E-state index contributed by atoms with van der Waals surface area (Å²) in [4.78, 5) is 14.3. The summed E-state index contributed by atoms with van der Waals surface area (Å²) in [5.74, 6) is 0.0561. The summed E-state index contributed by atoms with van der Waals surface area (Å²) in [5, 5.41) is 0. The third kappa shape index (κ3) is 3.04. The van der Waals surface area contributed by atoms with Crippen molar-refractivity contribution in [2.45, 2.75) is 26.1 Å². The Morgan fingerprint density at radius 1 is 1.14 bits per heavy atom. The lowest BCUT2D eigenvalue weighted by Crippen LogP contribution is -2.38. The highest BCUT2D eigenvalue weighted by atomic mass is 16.5. The van der Waals surface area contributed by atoms with E-state index in [1.165, 1.54) is 11.1 Å². The van der Waals surface area contributed by atoms with Crippen molar-refractivity contribution in [3.63, 3.8) is 0 Å². The van der Waals surface area contributed by atoms with Gasteiger partial charge in [0.15, 0.2) is 0 Å². The van der Waals surface area contributed by atoms with Gasteiger partial charge in [-0.15, -0.1) is 0 Å². The van der Waals surface area contributed by atoms with Crippen molar-refractivity contribution in [3.8, 4) is 0 Å². The Hall–Kier alpha value is -2.13. The van der Waals surface area contributed by atoms with Crippen LogP contribution in [0.15, 0.2) is 48.5 Å². The van der Waals surface area contributed by atoms with Crippen molar-refractivity contribution in [2.24, 2.45) is 0 Å². The van der Waals surface area contributed by atoms with E-state index in [-0.39, 0.29) is 12.0 Å². The first-order valence-electron chi connectivity index (χ1n) is 7.64. The molecule has 1 amide bonds. The first-order valence-corrected chi connectivity index (χ1v) is 7.64. The van der Waals surface area contributed by atoms with E-state index in [0.717, 1.165) is 17.5 Å². The van der Waals surface area contributed by atoms with E-state index in [9.17, 15) is 4.79 Å². The summed E-state index contributed by atoms with van der Waals surface area (Å²) in [7, 11) is 1.85. The zero-order valence-corrected chi connectivity index (χ0v) is 13.1. The standard InChI is InChI=1S/C19H21NO2/c1-14-7-3-6-10-18(14)19(21)20(2)12-17-11-15-8-4-5-9-16(15)13-22-17/h3-10,17H,11-13H2,1-2H3. The summed E-state index contributed by atoms with van der Waals surface area (Å²) >= 11 is 0. The van der Waals surface area contributed by atoms with E-state index in [1.807, 2.05) is 44.3 Å². The minimum atomic E-state index is 0.0561. The monoisotopic (exact) mass is 295 g/mol. The maximum atomic E-state index is 12.6. The lowest BCUT2D eigenvalue weighted by atomic mass is 9.99. The number of ether oxygens (including phenoxy) is 1. The summed E-state index contributed by atoms with van der Waals surface area (Å²) < 4.78 is 5.90. The van der Waals surface area contributed by atoms with Gasteiger partial charge in [-0.05, 0) is 29.7 Å². The van der Waals surface area contributed by atoms with E-state index < -0.39 is 0 Å². The first kappa shape index (κ1) is 14.8. The molecule has 0 aliphatic carbocycles. The molecular formula is C19H21NO2. The Labute approximate surface area is 131 Å². The first-order chi connectivity index (χ1) is 10.6. The zero-order valence-electron chi connectivity index (χ0n) is 13.1. The predicted octanol–water partition coefficient (Wildman–Crippen LogP) is 3.21. The average Bonchev–Trinajstić information content (AvgIpc) is 2.54. The lowest BCUT2D eigenvalue weighted by Gasteiger charge is -2.29. The van der Waals surface area contributed by atoms with Gasteiger partial charge in [-0.1, -0.05) is 42.5 Å². The largest absolute Gasteiger partial charge is 0.371 e. The lowest BCUT2D eigenvalue weighted by molar-refractivity contribution is 0.00983. The van der Waals surface area contributed by atoms with Crippen molar-refractivity contribution in [1.29, 1.82) is 0 Å². The van der Waals surface area contributed by atoms with Crippen LogP contribution in [-0.2, 0) is 17.8 Å². The van der Waals surface area contributed by atoms with Gasteiger partial charge in [-0.25, -0.2) is 0 Å². The molecular weight excluding hydrogens is 274 g/mol. The van der Waals surface area contributed by atoms with Crippen LogP contribution in [0.1, 0.15) is 27.0 Å². The topological polar surface area (TPSA) is 29.5 Å². The number of carbonyl (C=O) groups is 1. The second-order valence-corrected chi connectivity index (χ2v) is 5.91. The van der Waals surface area contributed by atoms with Gasteiger partial charge < -0.3 is 9.64 Å². The summed E-state index contributed by atoms with van der Waals surface area (Å²) in [6, 6.07) is 16.1. The Bertz CT molecular complexity index is 681. The fraction of sp³-hybridized carbons (Fsp3) is 0.316. The molecule has 3 nitrogen and oxygen atoms in total. The number of aryl methyl sites for hydroxylation is 1. The Morgan fingerprint density at radius 2 is 1.82 bits per heavy atom. The average molecular weight is 295 g/mol. The third-order valence-corrected chi connectivity index (χ3v) is 4.24. The van der Waals surface area contributed by atoms with Gasteiger partial charge in [0, 0.05) is 25.6 Å². The molecule has 0 saturated carbocycles. The minimum Gasteiger partial charge on any atom is -0.371 e. The second-order valence-electron chi connectivity index (χ2n) is 5.91. The molecule has 1 atom stereocenters. The van der Waals surface area contributed by atoms with Crippen LogP contribution in [0.3, 0.4) is 0 Å². The SMILES string of the molecule is Cc1ccccc1C(=O)N(C)CC1Cc2ccccc2CO1. The number of benzene rings is 2. The van der Waals surface area contributed by atoms with E-state index in [2.05, 4.69) is 18.2 Å². The van der Waals surface area contributed by atoms with Gasteiger partial charge in [-0.2, -0.15) is 0 Å².